The highest BCUT2D eigenvalue weighted by molar-refractivity contribution is 7.98. The van der Waals surface area contributed by atoms with Crippen molar-refractivity contribution in [3.63, 3.8) is 0 Å². The molecule has 3 N–H and O–H groups in total. The van der Waals surface area contributed by atoms with E-state index in [9.17, 15) is 9.59 Å². The molecule has 0 aliphatic heterocycles. The number of carbonyl (C=O) groups is 2. The molecule has 7 heteroatoms. The standard InChI is InChI=1S/C14H13ClN2O3S/c1-7-12(14(19)20)11(6-16-7)17-13(18)9-5-8(21-2)3-4-10(9)15/h3-6,16H,1-2H3,(H,17,18)(H,19,20). The van der Waals surface area contributed by atoms with Crippen molar-refractivity contribution < 1.29 is 14.7 Å². The van der Waals surface area contributed by atoms with E-state index >= 15 is 0 Å². The summed E-state index contributed by atoms with van der Waals surface area (Å²) in [6.45, 7) is 1.63. The van der Waals surface area contributed by atoms with E-state index in [-0.39, 0.29) is 11.3 Å². The maximum absolute atomic E-state index is 12.3. The van der Waals surface area contributed by atoms with Crippen LogP contribution in [0.2, 0.25) is 5.02 Å². The Morgan fingerprint density at radius 3 is 2.71 bits per heavy atom. The van der Waals surface area contributed by atoms with Gasteiger partial charge >= 0.3 is 5.97 Å². The molecule has 0 fully saturated rings. The number of rotatable bonds is 4. The summed E-state index contributed by atoms with van der Waals surface area (Å²) in [5, 5.41) is 12.0. The van der Waals surface area contributed by atoms with E-state index < -0.39 is 11.9 Å². The molecule has 2 rings (SSSR count). The molecule has 110 valence electrons. The summed E-state index contributed by atoms with van der Waals surface area (Å²) in [5.41, 5.74) is 1.04. The molecule has 1 amide bonds. The molecule has 0 unspecified atom stereocenters. The van der Waals surface area contributed by atoms with Gasteiger partial charge in [0.15, 0.2) is 0 Å². The Balaban J connectivity index is 2.33. The molecule has 1 aromatic carbocycles. The van der Waals surface area contributed by atoms with Crippen LogP contribution in [0.1, 0.15) is 26.4 Å². The van der Waals surface area contributed by atoms with Crippen LogP contribution in [0, 0.1) is 6.92 Å². The number of amides is 1. The first-order valence-electron chi connectivity index (χ1n) is 6.00. The quantitative estimate of drug-likeness (QED) is 0.750. The van der Waals surface area contributed by atoms with Gasteiger partial charge in [0.1, 0.15) is 5.56 Å². The first-order valence-corrected chi connectivity index (χ1v) is 7.60. The number of aromatic nitrogens is 1. The molecule has 0 aliphatic carbocycles. The molecule has 0 atom stereocenters. The van der Waals surface area contributed by atoms with Gasteiger partial charge < -0.3 is 15.4 Å². The SMILES string of the molecule is CSc1ccc(Cl)c(C(=O)Nc2c[nH]c(C)c2C(=O)O)c1. The smallest absolute Gasteiger partial charge is 0.339 e. The minimum absolute atomic E-state index is 0.0421. The van der Waals surface area contributed by atoms with Gasteiger partial charge in [-0.1, -0.05) is 11.6 Å². The molecular weight excluding hydrogens is 312 g/mol. The van der Waals surface area contributed by atoms with Crippen LogP contribution in [0.5, 0.6) is 0 Å². The van der Waals surface area contributed by atoms with Gasteiger partial charge in [0, 0.05) is 16.8 Å². The summed E-state index contributed by atoms with van der Waals surface area (Å²) < 4.78 is 0. The Morgan fingerprint density at radius 2 is 2.10 bits per heavy atom. The maximum Gasteiger partial charge on any atom is 0.339 e. The predicted molar refractivity (Wildman–Crippen MR) is 83.7 cm³/mol. The van der Waals surface area contributed by atoms with Crippen molar-refractivity contribution in [3.05, 3.63) is 46.2 Å². The summed E-state index contributed by atoms with van der Waals surface area (Å²) in [7, 11) is 0. The molecule has 0 aliphatic rings. The second-order valence-corrected chi connectivity index (χ2v) is 5.59. The molecule has 5 nitrogen and oxygen atoms in total. The van der Waals surface area contributed by atoms with Crippen molar-refractivity contribution >= 4 is 40.9 Å². The van der Waals surface area contributed by atoms with Crippen LogP contribution >= 0.6 is 23.4 Å². The molecule has 0 spiro atoms. The number of aromatic amines is 1. The first kappa shape index (κ1) is 15.5. The van der Waals surface area contributed by atoms with Gasteiger partial charge in [-0.15, -0.1) is 11.8 Å². The molecule has 2 aromatic rings. The zero-order chi connectivity index (χ0) is 15.6. The van der Waals surface area contributed by atoms with Crippen molar-refractivity contribution in [1.82, 2.24) is 4.98 Å². The van der Waals surface area contributed by atoms with Gasteiger partial charge in [-0.25, -0.2) is 4.79 Å². The number of carbonyl (C=O) groups excluding carboxylic acids is 1. The molecule has 0 saturated carbocycles. The van der Waals surface area contributed by atoms with Crippen LogP contribution in [0.4, 0.5) is 5.69 Å². The zero-order valence-electron chi connectivity index (χ0n) is 11.4. The number of nitrogens with one attached hydrogen (secondary N) is 2. The largest absolute Gasteiger partial charge is 0.478 e. The van der Waals surface area contributed by atoms with Crippen molar-refractivity contribution in [1.29, 1.82) is 0 Å². The van der Waals surface area contributed by atoms with E-state index in [1.54, 1.807) is 19.1 Å². The van der Waals surface area contributed by atoms with Crippen molar-refractivity contribution in [2.75, 3.05) is 11.6 Å². The number of anilines is 1. The fourth-order valence-corrected chi connectivity index (χ4v) is 2.54. The molecule has 0 radical (unpaired) electrons. The summed E-state index contributed by atoms with van der Waals surface area (Å²) in [5.74, 6) is -1.55. The van der Waals surface area contributed by atoms with Crippen molar-refractivity contribution in [2.24, 2.45) is 0 Å². The van der Waals surface area contributed by atoms with Crippen LogP contribution in [0.15, 0.2) is 29.3 Å². The topological polar surface area (TPSA) is 82.2 Å². The lowest BCUT2D eigenvalue weighted by Crippen LogP contribution is -2.14. The highest BCUT2D eigenvalue weighted by atomic mass is 35.5. The average molecular weight is 325 g/mol. The lowest BCUT2D eigenvalue weighted by Gasteiger charge is -2.08. The molecule has 0 saturated heterocycles. The van der Waals surface area contributed by atoms with Gasteiger partial charge in [0.05, 0.1) is 16.3 Å². The summed E-state index contributed by atoms with van der Waals surface area (Å²) in [6, 6.07) is 5.12. The fraction of sp³-hybridized carbons (Fsp3) is 0.143. The fourth-order valence-electron chi connectivity index (χ4n) is 1.90. The highest BCUT2D eigenvalue weighted by Crippen LogP contribution is 2.25. The summed E-state index contributed by atoms with van der Waals surface area (Å²) in [4.78, 5) is 27.1. The molecular formula is C14H13ClN2O3S. The van der Waals surface area contributed by atoms with Crippen LogP contribution in [-0.2, 0) is 0 Å². The van der Waals surface area contributed by atoms with E-state index in [1.807, 2.05) is 12.3 Å². The van der Waals surface area contributed by atoms with Crippen LogP contribution < -0.4 is 5.32 Å². The second-order valence-electron chi connectivity index (χ2n) is 4.31. The number of benzene rings is 1. The number of aromatic carboxylic acids is 1. The number of hydrogen-bond donors (Lipinski definition) is 3. The van der Waals surface area contributed by atoms with Gasteiger partial charge in [-0.05, 0) is 31.4 Å². The van der Waals surface area contributed by atoms with E-state index in [2.05, 4.69) is 10.3 Å². The average Bonchev–Trinajstić information content (AvgIpc) is 2.80. The minimum Gasteiger partial charge on any atom is -0.478 e. The molecule has 1 aromatic heterocycles. The summed E-state index contributed by atoms with van der Waals surface area (Å²) in [6.07, 6.45) is 3.34. The van der Waals surface area contributed by atoms with Crippen LogP contribution in [-0.4, -0.2) is 28.2 Å². The number of carboxylic acids is 1. The number of H-pyrrole nitrogens is 1. The van der Waals surface area contributed by atoms with E-state index in [0.29, 0.717) is 16.3 Å². The predicted octanol–water partition coefficient (Wildman–Crippen LogP) is 3.65. The Labute approximate surface area is 130 Å². The van der Waals surface area contributed by atoms with Gasteiger partial charge in [0.25, 0.3) is 5.91 Å². The third kappa shape index (κ3) is 3.22. The maximum atomic E-state index is 12.3. The first-order chi connectivity index (χ1) is 9.93. The number of aryl methyl sites for hydroxylation is 1. The lowest BCUT2D eigenvalue weighted by atomic mass is 10.2. The Morgan fingerprint density at radius 1 is 1.38 bits per heavy atom. The molecule has 1 heterocycles. The second kappa shape index (κ2) is 6.24. The Kier molecular flexibility index (Phi) is 4.59. The van der Waals surface area contributed by atoms with Gasteiger partial charge in [0.2, 0.25) is 0 Å². The third-order valence-corrected chi connectivity index (χ3v) is 4.01. The van der Waals surface area contributed by atoms with Crippen molar-refractivity contribution in [2.45, 2.75) is 11.8 Å². The van der Waals surface area contributed by atoms with Gasteiger partial charge in [-0.2, -0.15) is 0 Å². The van der Waals surface area contributed by atoms with E-state index in [1.165, 1.54) is 18.0 Å². The monoisotopic (exact) mass is 324 g/mol. The zero-order valence-corrected chi connectivity index (χ0v) is 12.9. The Hall–Kier alpha value is -1.92. The lowest BCUT2D eigenvalue weighted by molar-refractivity contribution is 0.0697. The normalized spacial score (nSPS) is 10.4. The van der Waals surface area contributed by atoms with Crippen molar-refractivity contribution in [3.8, 4) is 0 Å². The van der Waals surface area contributed by atoms with E-state index in [4.69, 9.17) is 16.7 Å². The summed E-state index contributed by atoms with van der Waals surface area (Å²) >= 11 is 7.52. The molecule has 21 heavy (non-hydrogen) atoms. The number of hydrogen-bond acceptors (Lipinski definition) is 3. The number of thioether (sulfide) groups is 1. The Bertz CT molecular complexity index is 712. The van der Waals surface area contributed by atoms with E-state index in [0.717, 1.165) is 4.90 Å². The minimum atomic E-state index is -1.10. The molecule has 0 bridgehead atoms. The third-order valence-electron chi connectivity index (χ3n) is 2.96. The van der Waals surface area contributed by atoms with Crippen LogP contribution in [0.3, 0.4) is 0 Å². The number of carboxylic acid groups (broad SMARTS) is 1. The van der Waals surface area contributed by atoms with Gasteiger partial charge in [-0.3, -0.25) is 4.79 Å². The van der Waals surface area contributed by atoms with Crippen LogP contribution in [0.25, 0.3) is 0 Å². The number of halogens is 1. The highest BCUT2D eigenvalue weighted by Gasteiger charge is 2.19.